The van der Waals surface area contributed by atoms with Gasteiger partial charge in [-0.05, 0) is 42.8 Å². The highest BCUT2D eigenvalue weighted by molar-refractivity contribution is 7.89. The predicted octanol–water partition coefficient (Wildman–Crippen LogP) is 4.11. The van der Waals surface area contributed by atoms with E-state index in [-0.39, 0.29) is 30.8 Å². The quantitative estimate of drug-likeness (QED) is 0.199. The van der Waals surface area contributed by atoms with Crippen LogP contribution in [0, 0.1) is 34.6 Å². The molecule has 1 fully saturated rings. The van der Waals surface area contributed by atoms with E-state index in [1.807, 2.05) is 4.72 Å². The lowest BCUT2D eigenvalue weighted by molar-refractivity contribution is -0.142. The molecular weight excluding hydrogens is 709 g/mol. The maximum Gasteiger partial charge on any atom is 0.434 e. The number of rotatable bonds is 8. The number of amides is 1. The van der Waals surface area contributed by atoms with Crippen molar-refractivity contribution in [2.24, 2.45) is 5.92 Å². The zero-order chi connectivity index (χ0) is 37.4. The van der Waals surface area contributed by atoms with Crippen LogP contribution < -0.4 is 9.62 Å². The number of sulfonamides is 1. The van der Waals surface area contributed by atoms with E-state index < -0.39 is 86.0 Å². The molecular formula is C29H21F7N6O7S. The van der Waals surface area contributed by atoms with Gasteiger partial charge in [0, 0.05) is 19.3 Å². The number of anilines is 1. The summed E-state index contributed by atoms with van der Waals surface area (Å²) in [5.74, 6) is -6.00. The molecule has 1 N–H and O–H groups in total. The number of nitrogens with zero attached hydrogens (tertiary/aromatic N) is 5. The fourth-order valence-electron chi connectivity index (χ4n) is 4.19. The third-order valence-electron chi connectivity index (χ3n) is 6.40. The zero-order valence-electron chi connectivity index (χ0n) is 25.2. The summed E-state index contributed by atoms with van der Waals surface area (Å²) < 4.78 is 125. The van der Waals surface area contributed by atoms with Crippen LogP contribution in [0.25, 0.3) is 0 Å². The van der Waals surface area contributed by atoms with Crippen molar-refractivity contribution in [1.82, 2.24) is 14.7 Å². The number of halogens is 7. The van der Waals surface area contributed by atoms with Gasteiger partial charge in [0.25, 0.3) is 6.26 Å². The summed E-state index contributed by atoms with van der Waals surface area (Å²) in [5.41, 5.74) is -4.71. The molecule has 0 atom stereocenters. The molecule has 0 unspecified atom stereocenters. The van der Waals surface area contributed by atoms with Gasteiger partial charge >= 0.3 is 24.3 Å². The van der Waals surface area contributed by atoms with Crippen LogP contribution in [0.2, 0.25) is 0 Å². The molecule has 264 valence electrons. The Balaban J connectivity index is 0.000000376. The van der Waals surface area contributed by atoms with Gasteiger partial charge in [-0.2, -0.15) is 31.6 Å². The summed E-state index contributed by atoms with van der Waals surface area (Å²) in [4.78, 5) is 42.9. The van der Waals surface area contributed by atoms with Crippen LogP contribution in [0.3, 0.4) is 0 Å². The van der Waals surface area contributed by atoms with Crippen molar-refractivity contribution >= 4 is 33.7 Å². The summed E-state index contributed by atoms with van der Waals surface area (Å²) in [6.07, 6.45) is -7.89. The third-order valence-corrected chi connectivity index (χ3v) is 7.62. The van der Waals surface area contributed by atoms with Gasteiger partial charge in [0.2, 0.25) is 15.9 Å². The molecule has 50 heavy (non-hydrogen) atoms. The van der Waals surface area contributed by atoms with E-state index in [1.165, 1.54) is 24.0 Å². The number of hydrogen-bond donors (Lipinski definition) is 1. The number of hydrogen-bond acceptors (Lipinski definition) is 12. The Labute approximate surface area is 277 Å². The molecule has 1 aromatic carbocycles. The maximum atomic E-state index is 13.5. The molecule has 13 nitrogen and oxygen atoms in total. The number of nitriles is 2. The zero-order valence-corrected chi connectivity index (χ0v) is 26.0. The molecule has 0 spiro atoms. The predicted molar refractivity (Wildman–Crippen MR) is 153 cm³/mol. The highest BCUT2D eigenvalue weighted by Gasteiger charge is 2.42. The highest BCUT2D eigenvalue weighted by Crippen LogP contribution is 2.36. The number of ether oxygens (including phenoxy) is 2. The first-order valence-corrected chi connectivity index (χ1v) is 15.3. The molecule has 2 aromatic heterocycles. The third kappa shape index (κ3) is 9.85. The van der Waals surface area contributed by atoms with E-state index >= 15 is 0 Å². The number of aromatic nitrogens is 2. The Hall–Kier alpha value is -5.83. The van der Waals surface area contributed by atoms with E-state index in [9.17, 15) is 58.8 Å². The molecule has 1 amide bonds. The first-order chi connectivity index (χ1) is 23.3. The summed E-state index contributed by atoms with van der Waals surface area (Å²) in [6, 6.07) is 9.06. The molecule has 0 radical (unpaired) electrons. The Morgan fingerprint density at radius 2 is 1.60 bits per heavy atom. The molecule has 0 bridgehead atoms. The first kappa shape index (κ1) is 38.6. The van der Waals surface area contributed by atoms with Crippen LogP contribution in [-0.4, -0.2) is 55.9 Å². The second-order valence-corrected chi connectivity index (χ2v) is 11.6. The monoisotopic (exact) mass is 730 g/mol. The Kier molecular flexibility index (Phi) is 12.0. The average molecular weight is 731 g/mol. The molecule has 0 aliphatic carbocycles. The maximum absolute atomic E-state index is 13.5. The minimum atomic E-state index is -5.03. The van der Waals surface area contributed by atoms with Crippen LogP contribution in [0.4, 0.5) is 36.6 Å². The number of carbonyl (C=O) groups is 3. The van der Waals surface area contributed by atoms with Gasteiger partial charge in [-0.1, -0.05) is 12.1 Å². The summed E-state index contributed by atoms with van der Waals surface area (Å²) >= 11 is 0. The normalized spacial score (nSPS) is 13.0. The number of esters is 2. The number of alkyl halides is 6. The van der Waals surface area contributed by atoms with Gasteiger partial charge in [-0.25, -0.2) is 27.4 Å². The molecule has 3 heterocycles. The fourth-order valence-corrected chi connectivity index (χ4v) is 5.37. The molecule has 1 aliphatic heterocycles. The smallest absolute Gasteiger partial charge is 0.434 e. The van der Waals surface area contributed by atoms with E-state index in [1.54, 1.807) is 6.07 Å². The van der Waals surface area contributed by atoms with E-state index in [0.717, 1.165) is 42.8 Å². The summed E-state index contributed by atoms with van der Waals surface area (Å²) in [7, 11) is -4.12. The van der Waals surface area contributed by atoms with Gasteiger partial charge in [-0.3, -0.25) is 14.5 Å². The Morgan fingerprint density at radius 3 is 2.14 bits per heavy atom. The number of nitrogens with one attached hydrogen (secondary N) is 1. The highest BCUT2D eigenvalue weighted by atomic mass is 32.2. The number of pyridine rings is 2. The van der Waals surface area contributed by atoms with Gasteiger partial charge in [0.15, 0.2) is 11.4 Å². The van der Waals surface area contributed by atoms with Gasteiger partial charge in [0.05, 0.1) is 35.0 Å². The van der Waals surface area contributed by atoms with Crippen LogP contribution in [0.5, 0.6) is 0 Å². The topological polar surface area (TPSA) is 192 Å². The summed E-state index contributed by atoms with van der Waals surface area (Å²) in [6.45, 7) is 0.793. The Bertz CT molecular complexity index is 1950. The van der Waals surface area contributed by atoms with E-state index in [4.69, 9.17) is 5.26 Å². The minimum Gasteiger partial charge on any atom is -0.462 e. The standard InChI is InChI=1S/C21H18F4N4O5S.C8H3F3N2O2/c1-2-34-20(31)16-7-13(8-26)18(27-17(16)21(23,24)25)29-9-14(10-29)19(30)28-35(32,33)11-12-3-5-15(22)6-4-12;9-8(10,11)6-5(2-1-3-13-6)7(14)15-4-12/h3-7,14H,2,9-11H2,1H3,(H,28,30);1-3H. The van der Waals surface area contributed by atoms with Crippen molar-refractivity contribution in [3.63, 3.8) is 0 Å². The van der Waals surface area contributed by atoms with Gasteiger partial charge in [-0.15, -0.1) is 5.26 Å². The molecule has 3 aromatic rings. The van der Waals surface area contributed by atoms with Crippen LogP contribution >= 0.6 is 0 Å². The number of carbonyl (C=O) groups excluding carboxylic acids is 3. The van der Waals surface area contributed by atoms with Crippen LogP contribution in [0.1, 0.15) is 50.2 Å². The van der Waals surface area contributed by atoms with Gasteiger partial charge < -0.3 is 14.4 Å². The lowest BCUT2D eigenvalue weighted by Crippen LogP contribution is -2.55. The van der Waals surface area contributed by atoms with Crippen molar-refractivity contribution in [3.05, 3.63) is 88.1 Å². The van der Waals surface area contributed by atoms with Crippen molar-refractivity contribution in [2.75, 3.05) is 24.6 Å². The van der Waals surface area contributed by atoms with E-state index in [2.05, 4.69) is 19.4 Å². The molecule has 0 saturated carbocycles. The van der Waals surface area contributed by atoms with Crippen molar-refractivity contribution in [1.29, 1.82) is 10.5 Å². The largest absolute Gasteiger partial charge is 0.462 e. The van der Waals surface area contributed by atoms with Crippen molar-refractivity contribution in [3.8, 4) is 12.3 Å². The second-order valence-electron chi connectivity index (χ2n) is 9.92. The Morgan fingerprint density at radius 1 is 0.980 bits per heavy atom. The number of benzene rings is 1. The first-order valence-electron chi connectivity index (χ1n) is 13.7. The van der Waals surface area contributed by atoms with Crippen LogP contribution in [-0.2, 0) is 42.4 Å². The van der Waals surface area contributed by atoms with Crippen molar-refractivity contribution < 1.29 is 63.0 Å². The lowest BCUT2D eigenvalue weighted by Gasteiger charge is -2.39. The average Bonchev–Trinajstić information content (AvgIpc) is 3.00. The van der Waals surface area contributed by atoms with Gasteiger partial charge in [0.1, 0.15) is 17.7 Å². The fraction of sp³-hybridized carbons (Fsp3) is 0.276. The lowest BCUT2D eigenvalue weighted by atomic mass is 9.98. The minimum absolute atomic E-state index is 0.188. The van der Waals surface area contributed by atoms with E-state index in [0.29, 0.717) is 0 Å². The molecule has 1 aliphatic rings. The molecule has 21 heteroatoms. The molecule has 4 rings (SSSR count). The SMILES string of the molecule is CCOC(=O)c1cc(C#N)c(N2CC(C(=O)NS(=O)(=O)Cc3ccc(F)cc3)C2)nc1C(F)(F)F.N#COC(=O)c1cccnc1C(F)(F)F. The second kappa shape index (κ2) is 15.6. The van der Waals surface area contributed by atoms with Crippen molar-refractivity contribution in [2.45, 2.75) is 25.0 Å². The molecule has 1 saturated heterocycles. The van der Waals surface area contributed by atoms with Crippen LogP contribution in [0.15, 0.2) is 48.7 Å². The summed E-state index contributed by atoms with van der Waals surface area (Å²) in [5, 5.41) is 17.4.